The van der Waals surface area contributed by atoms with E-state index in [2.05, 4.69) is 10.3 Å². The number of alkyl halides is 3. The Balaban J connectivity index is 1.63. The van der Waals surface area contributed by atoms with E-state index in [9.17, 15) is 35.2 Å². The molecule has 0 saturated carbocycles. The number of carbonyl (C=O) groups excluding carboxylic acids is 1. The second-order valence-corrected chi connectivity index (χ2v) is 9.17. The Bertz CT molecular complexity index is 1110. The maximum absolute atomic E-state index is 13.5. The van der Waals surface area contributed by atoms with Gasteiger partial charge in [-0.15, -0.1) is 0 Å². The summed E-state index contributed by atoms with van der Waals surface area (Å²) >= 11 is 0. The number of hydrogen-bond donors (Lipinski definition) is 1. The van der Waals surface area contributed by atoms with Crippen LogP contribution in [0.15, 0.2) is 41.4 Å². The van der Waals surface area contributed by atoms with Crippen molar-refractivity contribution in [1.29, 1.82) is 0 Å². The highest BCUT2D eigenvalue weighted by Crippen LogP contribution is 2.27. The lowest BCUT2D eigenvalue weighted by molar-refractivity contribution is -0.139. The van der Waals surface area contributed by atoms with Crippen molar-refractivity contribution in [2.24, 2.45) is 0 Å². The number of rotatable bonds is 8. The number of hydrogen-bond acceptors (Lipinski definition) is 5. The second-order valence-electron chi connectivity index (χ2n) is 7.28. The van der Waals surface area contributed by atoms with E-state index in [1.165, 1.54) is 18.3 Å². The van der Waals surface area contributed by atoms with Gasteiger partial charge in [0.15, 0.2) is 11.6 Å². The fraction of sp³-hybridized carbons (Fsp3) is 0.400. The van der Waals surface area contributed by atoms with Gasteiger partial charge in [0, 0.05) is 25.4 Å². The van der Waals surface area contributed by atoms with Gasteiger partial charge in [0.05, 0.1) is 17.9 Å². The van der Waals surface area contributed by atoms with Crippen LogP contribution in [0.3, 0.4) is 0 Å². The topological polar surface area (TPSA) is 88.6 Å². The molecule has 1 aliphatic rings. The van der Waals surface area contributed by atoms with Crippen LogP contribution >= 0.6 is 0 Å². The molecule has 0 bridgehead atoms. The highest BCUT2D eigenvalue weighted by atomic mass is 32.2. The van der Waals surface area contributed by atoms with Gasteiger partial charge in [-0.05, 0) is 42.7 Å². The molecule has 2 aromatic rings. The monoisotopic (exact) mass is 493 g/mol. The normalized spacial score (nSPS) is 17.2. The van der Waals surface area contributed by atoms with Gasteiger partial charge in [-0.1, -0.05) is 0 Å². The number of pyridine rings is 1. The minimum atomic E-state index is -4.36. The average Bonchev–Trinajstić information content (AvgIpc) is 3.24. The quantitative estimate of drug-likeness (QED) is 0.571. The van der Waals surface area contributed by atoms with Crippen molar-refractivity contribution in [2.45, 2.75) is 42.9 Å². The summed E-state index contributed by atoms with van der Waals surface area (Å²) in [6, 6.07) is 4.02. The number of aromatic nitrogens is 1. The minimum absolute atomic E-state index is 0.0336. The van der Waals surface area contributed by atoms with E-state index in [0.29, 0.717) is 24.1 Å². The Kier molecular flexibility index (Phi) is 7.52. The zero-order valence-corrected chi connectivity index (χ0v) is 17.9. The second kappa shape index (κ2) is 10.00. The molecule has 1 aromatic carbocycles. The van der Waals surface area contributed by atoms with Crippen LogP contribution in [0.1, 0.15) is 24.8 Å². The third-order valence-electron chi connectivity index (χ3n) is 4.91. The van der Waals surface area contributed by atoms with Crippen LogP contribution in [0.25, 0.3) is 0 Å². The third-order valence-corrected chi connectivity index (χ3v) is 6.81. The number of nitrogens with one attached hydrogen (secondary N) is 1. The molecular formula is C20H20F5N3O4S. The van der Waals surface area contributed by atoms with Crippen molar-refractivity contribution >= 4 is 15.9 Å². The lowest BCUT2D eigenvalue weighted by atomic mass is 10.2. The summed E-state index contributed by atoms with van der Waals surface area (Å²) in [5, 5.41) is 2.58. The Labute approximate surface area is 186 Å². The maximum atomic E-state index is 13.5. The smallest absolute Gasteiger partial charge is 0.392 e. The molecule has 1 fully saturated rings. The molecule has 0 spiro atoms. The molecule has 1 atom stereocenters. The molecule has 1 aromatic heterocycles. The molecule has 0 aliphatic carbocycles. The number of sulfonamides is 1. The fourth-order valence-corrected chi connectivity index (χ4v) is 4.95. The zero-order chi connectivity index (χ0) is 24.2. The van der Waals surface area contributed by atoms with E-state index < -0.39 is 57.7 Å². The summed E-state index contributed by atoms with van der Waals surface area (Å²) in [5.41, 5.74) is 0.480. The van der Waals surface area contributed by atoms with Crippen LogP contribution in [0, 0.1) is 11.6 Å². The van der Waals surface area contributed by atoms with E-state index >= 15 is 0 Å². The van der Waals surface area contributed by atoms with Crippen LogP contribution in [0.4, 0.5) is 22.0 Å². The first-order valence-electron chi connectivity index (χ1n) is 9.86. The molecule has 1 saturated heterocycles. The van der Waals surface area contributed by atoms with Gasteiger partial charge in [0.2, 0.25) is 21.8 Å². The van der Waals surface area contributed by atoms with Crippen LogP contribution in [-0.2, 0) is 21.4 Å². The van der Waals surface area contributed by atoms with Crippen molar-refractivity contribution in [3.8, 4) is 5.88 Å². The summed E-state index contributed by atoms with van der Waals surface area (Å²) in [6.45, 7) is -0.621. The van der Waals surface area contributed by atoms with E-state index in [-0.39, 0.29) is 25.4 Å². The molecule has 7 nitrogen and oxygen atoms in total. The summed E-state index contributed by atoms with van der Waals surface area (Å²) in [6.07, 6.45) is -3.57. The Morgan fingerprint density at radius 2 is 1.94 bits per heavy atom. The SMILES string of the molecule is O=C(NCc1ccnc(OCCC(F)(F)F)c1)C1CCCN1S(=O)(=O)c1ccc(F)c(F)c1. The third kappa shape index (κ3) is 6.38. The number of ether oxygens (including phenoxy) is 1. The highest BCUT2D eigenvalue weighted by molar-refractivity contribution is 7.89. The van der Waals surface area contributed by atoms with Crippen molar-refractivity contribution in [3.05, 3.63) is 53.7 Å². The molecule has 1 amide bonds. The van der Waals surface area contributed by atoms with E-state index in [1.807, 2.05) is 0 Å². The highest BCUT2D eigenvalue weighted by Gasteiger charge is 2.39. The van der Waals surface area contributed by atoms with Crippen LogP contribution in [-0.4, -0.2) is 49.0 Å². The Hall–Kier alpha value is -2.80. The summed E-state index contributed by atoms with van der Waals surface area (Å²) < 4.78 is 95.0. The van der Waals surface area contributed by atoms with Gasteiger partial charge in [-0.2, -0.15) is 17.5 Å². The molecule has 1 N–H and O–H groups in total. The standard InChI is InChI=1S/C20H20F5N3O4S/c21-15-4-3-14(11-16(15)22)33(30,31)28-8-1-2-17(28)19(29)27-12-13-5-7-26-18(10-13)32-9-6-20(23,24)25/h3-5,7,10-11,17H,1-2,6,8-9,12H2,(H,27,29). The molecule has 13 heteroatoms. The summed E-state index contributed by atoms with van der Waals surface area (Å²) in [7, 11) is -4.24. The summed E-state index contributed by atoms with van der Waals surface area (Å²) in [5.74, 6) is -3.16. The van der Waals surface area contributed by atoms with Gasteiger partial charge in [0.1, 0.15) is 6.04 Å². The van der Waals surface area contributed by atoms with E-state index in [0.717, 1.165) is 10.4 Å². The number of halogens is 5. The van der Waals surface area contributed by atoms with Crippen LogP contribution in [0.2, 0.25) is 0 Å². The van der Waals surface area contributed by atoms with Crippen molar-refractivity contribution in [2.75, 3.05) is 13.2 Å². The first-order valence-corrected chi connectivity index (χ1v) is 11.3. The number of amides is 1. The van der Waals surface area contributed by atoms with Crippen LogP contribution < -0.4 is 10.1 Å². The minimum Gasteiger partial charge on any atom is -0.477 e. The molecular weight excluding hydrogens is 473 g/mol. The first-order chi connectivity index (χ1) is 15.5. The van der Waals surface area contributed by atoms with Gasteiger partial charge in [-0.3, -0.25) is 4.79 Å². The molecule has 2 heterocycles. The first kappa shape index (κ1) is 24.8. The predicted octanol–water partition coefficient (Wildman–Crippen LogP) is 3.16. The van der Waals surface area contributed by atoms with Gasteiger partial charge in [0.25, 0.3) is 0 Å². The zero-order valence-electron chi connectivity index (χ0n) is 17.1. The lowest BCUT2D eigenvalue weighted by Gasteiger charge is -2.23. The predicted molar refractivity (Wildman–Crippen MR) is 106 cm³/mol. The molecule has 3 rings (SSSR count). The van der Waals surface area contributed by atoms with Crippen molar-refractivity contribution in [3.63, 3.8) is 0 Å². The molecule has 1 unspecified atom stereocenters. The van der Waals surface area contributed by atoms with Gasteiger partial charge >= 0.3 is 6.18 Å². The Morgan fingerprint density at radius 1 is 1.18 bits per heavy atom. The summed E-state index contributed by atoms with van der Waals surface area (Å²) in [4.78, 5) is 16.0. The van der Waals surface area contributed by atoms with Crippen molar-refractivity contribution in [1.82, 2.24) is 14.6 Å². The largest absolute Gasteiger partial charge is 0.477 e. The van der Waals surface area contributed by atoms with Gasteiger partial charge < -0.3 is 10.1 Å². The Morgan fingerprint density at radius 3 is 2.64 bits per heavy atom. The maximum Gasteiger partial charge on any atom is 0.392 e. The molecule has 180 valence electrons. The fourth-order valence-electron chi connectivity index (χ4n) is 3.28. The lowest BCUT2D eigenvalue weighted by Crippen LogP contribution is -2.45. The average molecular weight is 493 g/mol. The number of benzene rings is 1. The van der Waals surface area contributed by atoms with Gasteiger partial charge in [-0.25, -0.2) is 22.2 Å². The number of nitrogens with zero attached hydrogens (tertiary/aromatic N) is 2. The molecule has 33 heavy (non-hydrogen) atoms. The van der Waals surface area contributed by atoms with E-state index in [1.54, 1.807) is 0 Å². The van der Waals surface area contributed by atoms with Crippen molar-refractivity contribution < 1.29 is 39.9 Å². The molecule has 1 aliphatic heterocycles. The molecule has 0 radical (unpaired) electrons. The van der Waals surface area contributed by atoms with E-state index in [4.69, 9.17) is 4.74 Å². The number of carbonyl (C=O) groups is 1. The van der Waals surface area contributed by atoms with Crippen LogP contribution in [0.5, 0.6) is 5.88 Å².